The van der Waals surface area contributed by atoms with Crippen LogP contribution in [0, 0.1) is 6.92 Å². The molecule has 0 aliphatic carbocycles. The van der Waals surface area contributed by atoms with Gasteiger partial charge in [0.15, 0.2) is 0 Å². The third kappa shape index (κ3) is 2.87. The van der Waals surface area contributed by atoms with E-state index in [-0.39, 0.29) is 11.8 Å². The summed E-state index contributed by atoms with van der Waals surface area (Å²) in [7, 11) is 4.07. The summed E-state index contributed by atoms with van der Waals surface area (Å²) in [6, 6.07) is 0.329. The molecule has 0 aromatic carbocycles. The van der Waals surface area contributed by atoms with Gasteiger partial charge in [-0.05, 0) is 39.9 Å². The van der Waals surface area contributed by atoms with Crippen molar-refractivity contribution in [3.05, 3.63) is 16.4 Å². The van der Waals surface area contributed by atoms with Crippen molar-refractivity contribution < 1.29 is 4.79 Å². The first kappa shape index (κ1) is 16.4. The number of fused-ring (bicyclic) bond motifs is 1. The van der Waals surface area contributed by atoms with Crippen LogP contribution in [0.1, 0.15) is 53.8 Å². The van der Waals surface area contributed by atoms with Gasteiger partial charge in [-0.1, -0.05) is 25.2 Å². The molecule has 0 spiro atoms. The highest BCUT2D eigenvalue weighted by molar-refractivity contribution is 7.19. The van der Waals surface area contributed by atoms with Crippen molar-refractivity contribution in [3.63, 3.8) is 0 Å². The van der Waals surface area contributed by atoms with Gasteiger partial charge in [-0.3, -0.25) is 9.20 Å². The molecule has 1 aliphatic rings. The first-order chi connectivity index (χ1) is 10.9. The van der Waals surface area contributed by atoms with Gasteiger partial charge >= 0.3 is 0 Å². The number of likely N-dealkylation sites (tertiary alicyclic amines) is 1. The molecule has 7 heteroatoms. The fraction of sp³-hybridized carbons (Fsp3) is 0.688. The SMILES string of the molecule is Cc1c(C(=O)N(C)C2CCN(C)CC2)sc2nnc(C(C)C)n12. The fourth-order valence-electron chi connectivity index (χ4n) is 3.21. The maximum absolute atomic E-state index is 13.0. The predicted octanol–water partition coefficient (Wildman–Crippen LogP) is 2.39. The Balaban J connectivity index is 1.87. The van der Waals surface area contributed by atoms with Crippen LogP contribution in [0.25, 0.3) is 4.96 Å². The topological polar surface area (TPSA) is 53.7 Å². The highest BCUT2D eigenvalue weighted by Crippen LogP contribution is 2.28. The maximum Gasteiger partial charge on any atom is 0.265 e. The number of carbonyl (C=O) groups excluding carboxylic acids is 1. The first-order valence-electron chi connectivity index (χ1n) is 8.20. The van der Waals surface area contributed by atoms with Crippen LogP contribution in [-0.2, 0) is 0 Å². The molecule has 0 unspecified atom stereocenters. The molecule has 3 rings (SSSR count). The second kappa shape index (κ2) is 6.20. The van der Waals surface area contributed by atoms with E-state index in [4.69, 9.17) is 0 Å². The van der Waals surface area contributed by atoms with E-state index in [1.807, 2.05) is 23.3 Å². The molecule has 126 valence electrons. The summed E-state index contributed by atoms with van der Waals surface area (Å²) in [5.74, 6) is 1.32. The molecule has 1 aliphatic heterocycles. The van der Waals surface area contributed by atoms with Crippen LogP contribution in [0.2, 0.25) is 0 Å². The Morgan fingerprint density at radius 1 is 1.30 bits per heavy atom. The summed E-state index contributed by atoms with van der Waals surface area (Å²) < 4.78 is 2.03. The molecule has 0 bridgehead atoms. The molecule has 1 amide bonds. The van der Waals surface area contributed by atoms with Crippen molar-refractivity contribution >= 4 is 22.2 Å². The Kier molecular flexibility index (Phi) is 4.42. The van der Waals surface area contributed by atoms with Gasteiger partial charge in [0.05, 0.1) is 0 Å². The number of nitrogens with zero attached hydrogens (tertiary/aromatic N) is 5. The van der Waals surface area contributed by atoms with Crippen molar-refractivity contribution in [3.8, 4) is 0 Å². The number of aryl methyl sites for hydroxylation is 1. The summed E-state index contributed by atoms with van der Waals surface area (Å²) in [6.45, 7) is 8.29. The summed E-state index contributed by atoms with van der Waals surface area (Å²) in [5.41, 5.74) is 0.962. The van der Waals surface area contributed by atoms with Gasteiger partial charge in [0.2, 0.25) is 4.96 Å². The summed E-state index contributed by atoms with van der Waals surface area (Å²) >= 11 is 1.45. The number of thiazole rings is 1. The Morgan fingerprint density at radius 2 is 1.96 bits per heavy atom. The van der Waals surface area contributed by atoms with E-state index in [1.54, 1.807) is 0 Å². The normalized spacial score (nSPS) is 17.3. The average Bonchev–Trinajstić information content (AvgIpc) is 3.07. The fourth-order valence-corrected chi connectivity index (χ4v) is 4.27. The molecule has 0 N–H and O–H groups in total. The molecule has 0 atom stereocenters. The Hall–Kier alpha value is -1.47. The zero-order chi connectivity index (χ0) is 16.7. The Bertz CT molecular complexity index is 711. The average molecular weight is 335 g/mol. The molecular formula is C16H25N5OS. The Labute approximate surface area is 141 Å². The standard InChI is InChI=1S/C16H25N5OS/c1-10(2)14-17-18-16-21(14)11(3)13(23-16)15(22)20(5)12-6-8-19(4)9-7-12/h10,12H,6-9H2,1-5H3. The summed E-state index contributed by atoms with van der Waals surface area (Å²) in [6.07, 6.45) is 2.08. The molecule has 0 radical (unpaired) electrons. The first-order valence-corrected chi connectivity index (χ1v) is 9.02. The third-order valence-electron chi connectivity index (χ3n) is 4.78. The van der Waals surface area contributed by atoms with E-state index in [1.165, 1.54) is 11.3 Å². The largest absolute Gasteiger partial charge is 0.338 e. The lowest BCUT2D eigenvalue weighted by molar-refractivity contribution is 0.0663. The van der Waals surface area contributed by atoms with Crippen molar-refractivity contribution in [2.75, 3.05) is 27.2 Å². The Morgan fingerprint density at radius 3 is 2.57 bits per heavy atom. The third-order valence-corrected chi connectivity index (χ3v) is 5.90. The van der Waals surface area contributed by atoms with Crippen molar-refractivity contribution in [2.24, 2.45) is 0 Å². The summed E-state index contributed by atoms with van der Waals surface area (Å²) in [5, 5.41) is 8.49. The minimum Gasteiger partial charge on any atom is -0.338 e. The van der Waals surface area contributed by atoms with Crippen LogP contribution < -0.4 is 0 Å². The quantitative estimate of drug-likeness (QED) is 0.864. The highest BCUT2D eigenvalue weighted by atomic mass is 32.1. The van der Waals surface area contributed by atoms with Crippen LogP contribution >= 0.6 is 11.3 Å². The lowest BCUT2D eigenvalue weighted by atomic mass is 10.0. The van der Waals surface area contributed by atoms with E-state index in [9.17, 15) is 4.79 Å². The van der Waals surface area contributed by atoms with Gasteiger partial charge in [-0.25, -0.2) is 0 Å². The highest BCUT2D eigenvalue weighted by Gasteiger charge is 2.28. The summed E-state index contributed by atoms with van der Waals surface area (Å²) in [4.78, 5) is 18.8. The van der Waals surface area contributed by atoms with Crippen molar-refractivity contribution in [2.45, 2.75) is 45.6 Å². The number of carbonyl (C=O) groups is 1. The van der Waals surface area contributed by atoms with Crippen molar-refractivity contribution in [1.82, 2.24) is 24.4 Å². The number of piperidine rings is 1. The second-order valence-electron chi connectivity index (χ2n) is 6.80. The van der Waals surface area contributed by atoms with Gasteiger partial charge in [-0.15, -0.1) is 10.2 Å². The second-order valence-corrected chi connectivity index (χ2v) is 7.78. The lowest BCUT2D eigenvalue weighted by Gasteiger charge is -2.35. The number of amides is 1. The van der Waals surface area contributed by atoms with Crippen LogP contribution in [0.15, 0.2) is 0 Å². The molecule has 1 fully saturated rings. The molecule has 1 saturated heterocycles. The number of aromatic nitrogens is 3. The van der Waals surface area contributed by atoms with Gasteiger partial charge in [0.1, 0.15) is 10.7 Å². The zero-order valence-electron chi connectivity index (χ0n) is 14.5. The minimum absolute atomic E-state index is 0.113. The van der Waals surface area contributed by atoms with Crippen molar-refractivity contribution in [1.29, 1.82) is 0 Å². The van der Waals surface area contributed by atoms with Crippen LogP contribution in [0.3, 0.4) is 0 Å². The molecule has 0 saturated carbocycles. The van der Waals surface area contributed by atoms with E-state index < -0.39 is 0 Å². The zero-order valence-corrected chi connectivity index (χ0v) is 15.4. The minimum atomic E-state index is 0.113. The molecule has 3 heterocycles. The molecule has 23 heavy (non-hydrogen) atoms. The van der Waals surface area contributed by atoms with Crippen LogP contribution in [0.5, 0.6) is 0 Å². The molecule has 2 aromatic heterocycles. The monoisotopic (exact) mass is 335 g/mol. The van der Waals surface area contributed by atoms with Crippen LogP contribution in [0.4, 0.5) is 0 Å². The predicted molar refractivity (Wildman–Crippen MR) is 92.3 cm³/mol. The van der Waals surface area contributed by atoms with E-state index in [0.717, 1.165) is 47.3 Å². The van der Waals surface area contributed by atoms with Gasteiger partial charge in [0.25, 0.3) is 5.91 Å². The smallest absolute Gasteiger partial charge is 0.265 e. The molecule has 2 aromatic rings. The van der Waals surface area contributed by atoms with E-state index in [2.05, 4.69) is 36.0 Å². The van der Waals surface area contributed by atoms with Crippen LogP contribution in [-0.4, -0.2) is 63.5 Å². The number of rotatable bonds is 3. The van der Waals surface area contributed by atoms with E-state index >= 15 is 0 Å². The van der Waals surface area contributed by atoms with Gasteiger partial charge < -0.3 is 9.80 Å². The number of hydrogen-bond acceptors (Lipinski definition) is 5. The molecule has 6 nitrogen and oxygen atoms in total. The van der Waals surface area contributed by atoms with Gasteiger partial charge in [0, 0.05) is 24.7 Å². The van der Waals surface area contributed by atoms with E-state index in [0.29, 0.717) is 6.04 Å². The maximum atomic E-state index is 13.0. The lowest BCUT2D eigenvalue weighted by Crippen LogP contribution is -2.44. The molecular weight excluding hydrogens is 310 g/mol. The number of hydrogen-bond donors (Lipinski definition) is 0. The van der Waals surface area contributed by atoms with Gasteiger partial charge in [-0.2, -0.15) is 0 Å².